The standard InChI is InChI=1S/C25H34FN3O4S/c1-5-19(3)27-25(31)22(6-2)28(17-16-20-12-8-7-9-13-20)24(30)18-29(34(4,32)33)23-15-11-10-14-21(23)26/h7-15,19,22H,5-6,16-18H2,1-4H3,(H,27,31)/t19-,22-/m0/s1. The molecular formula is C25H34FN3O4S. The largest absolute Gasteiger partial charge is 0.352 e. The maximum Gasteiger partial charge on any atom is 0.244 e. The number of carbonyl (C=O) groups excluding carboxylic acids is 2. The molecule has 2 aromatic rings. The van der Waals surface area contributed by atoms with Crippen LogP contribution in [0.15, 0.2) is 54.6 Å². The zero-order valence-electron chi connectivity index (χ0n) is 20.2. The third-order valence-corrected chi connectivity index (χ3v) is 6.80. The molecule has 0 unspecified atom stereocenters. The molecule has 34 heavy (non-hydrogen) atoms. The van der Waals surface area contributed by atoms with Gasteiger partial charge in [0.2, 0.25) is 21.8 Å². The van der Waals surface area contributed by atoms with Crippen molar-refractivity contribution >= 4 is 27.5 Å². The van der Waals surface area contributed by atoms with Crippen LogP contribution in [0.1, 0.15) is 39.2 Å². The maximum absolute atomic E-state index is 14.4. The average molecular weight is 492 g/mol. The van der Waals surface area contributed by atoms with Gasteiger partial charge in [-0.05, 0) is 43.9 Å². The molecule has 0 spiro atoms. The van der Waals surface area contributed by atoms with Crippen molar-refractivity contribution in [1.82, 2.24) is 10.2 Å². The number of sulfonamides is 1. The number of hydrogen-bond donors (Lipinski definition) is 1. The van der Waals surface area contributed by atoms with Crippen LogP contribution in [0.5, 0.6) is 0 Å². The summed E-state index contributed by atoms with van der Waals surface area (Å²) in [4.78, 5) is 27.9. The summed E-state index contributed by atoms with van der Waals surface area (Å²) in [6.45, 7) is 5.23. The smallest absolute Gasteiger partial charge is 0.244 e. The molecule has 2 aromatic carbocycles. The molecule has 2 rings (SSSR count). The molecule has 0 aromatic heterocycles. The zero-order chi connectivity index (χ0) is 25.3. The zero-order valence-corrected chi connectivity index (χ0v) is 21.0. The van der Waals surface area contributed by atoms with Crippen molar-refractivity contribution in [2.45, 2.75) is 52.1 Å². The summed E-state index contributed by atoms with van der Waals surface area (Å²) in [5.74, 6) is -1.62. The highest BCUT2D eigenvalue weighted by Gasteiger charge is 2.32. The first-order valence-electron chi connectivity index (χ1n) is 11.4. The molecule has 0 aliphatic heterocycles. The van der Waals surface area contributed by atoms with E-state index in [9.17, 15) is 22.4 Å². The second-order valence-electron chi connectivity index (χ2n) is 8.29. The molecule has 0 radical (unpaired) electrons. The number of rotatable bonds is 12. The second kappa shape index (κ2) is 12.5. The van der Waals surface area contributed by atoms with Crippen LogP contribution in [-0.4, -0.2) is 56.6 Å². The Morgan fingerprint density at radius 3 is 2.18 bits per heavy atom. The summed E-state index contributed by atoms with van der Waals surface area (Å²) in [5, 5.41) is 2.91. The normalized spacial score (nSPS) is 13.1. The highest BCUT2D eigenvalue weighted by atomic mass is 32.2. The Kier molecular flexibility index (Phi) is 10.0. The lowest BCUT2D eigenvalue weighted by Gasteiger charge is -2.33. The first-order chi connectivity index (χ1) is 16.1. The van der Waals surface area contributed by atoms with Gasteiger partial charge in [-0.2, -0.15) is 0 Å². The minimum Gasteiger partial charge on any atom is -0.352 e. The Hall–Kier alpha value is -2.94. The summed E-state index contributed by atoms with van der Waals surface area (Å²) in [7, 11) is -3.97. The molecule has 0 aliphatic carbocycles. The summed E-state index contributed by atoms with van der Waals surface area (Å²) in [6, 6.07) is 14.0. The second-order valence-corrected chi connectivity index (χ2v) is 10.2. The Balaban J connectivity index is 2.37. The molecule has 7 nitrogen and oxygen atoms in total. The van der Waals surface area contributed by atoms with E-state index in [1.807, 2.05) is 44.2 Å². The van der Waals surface area contributed by atoms with E-state index >= 15 is 0 Å². The number of amides is 2. The van der Waals surface area contributed by atoms with Gasteiger partial charge in [0.15, 0.2) is 0 Å². The van der Waals surface area contributed by atoms with E-state index in [1.54, 1.807) is 6.92 Å². The molecule has 2 amide bonds. The fourth-order valence-corrected chi connectivity index (χ4v) is 4.44. The monoisotopic (exact) mass is 491 g/mol. The molecule has 0 saturated carbocycles. The van der Waals surface area contributed by atoms with E-state index in [0.717, 1.165) is 28.6 Å². The molecule has 0 saturated heterocycles. The van der Waals surface area contributed by atoms with E-state index in [-0.39, 0.29) is 24.2 Å². The number of para-hydroxylation sites is 1. The molecule has 9 heteroatoms. The summed E-state index contributed by atoms with van der Waals surface area (Å²) >= 11 is 0. The van der Waals surface area contributed by atoms with Crippen molar-refractivity contribution in [3.05, 3.63) is 66.0 Å². The number of nitrogens with zero attached hydrogens (tertiary/aromatic N) is 2. The topological polar surface area (TPSA) is 86.8 Å². The van der Waals surface area contributed by atoms with Gasteiger partial charge in [-0.1, -0.05) is 56.3 Å². The lowest BCUT2D eigenvalue weighted by atomic mass is 10.1. The number of hydrogen-bond acceptors (Lipinski definition) is 4. The van der Waals surface area contributed by atoms with E-state index in [0.29, 0.717) is 12.8 Å². The lowest BCUT2D eigenvalue weighted by Crippen LogP contribution is -2.54. The van der Waals surface area contributed by atoms with Gasteiger partial charge in [-0.15, -0.1) is 0 Å². The fraction of sp³-hybridized carbons (Fsp3) is 0.440. The van der Waals surface area contributed by atoms with Crippen molar-refractivity contribution in [2.75, 3.05) is 23.7 Å². The minimum absolute atomic E-state index is 0.0708. The third-order valence-electron chi connectivity index (χ3n) is 5.67. The highest BCUT2D eigenvalue weighted by molar-refractivity contribution is 7.92. The molecule has 0 fully saturated rings. The quantitative estimate of drug-likeness (QED) is 0.493. The van der Waals surface area contributed by atoms with Gasteiger partial charge in [0.05, 0.1) is 11.9 Å². The summed E-state index contributed by atoms with van der Waals surface area (Å²) < 4.78 is 40.2. The van der Waals surface area contributed by atoms with Gasteiger partial charge >= 0.3 is 0 Å². The van der Waals surface area contributed by atoms with Gasteiger partial charge in [0, 0.05) is 12.6 Å². The van der Waals surface area contributed by atoms with Crippen molar-refractivity contribution in [2.24, 2.45) is 0 Å². The Bertz CT molecular complexity index is 1060. The predicted molar refractivity (Wildman–Crippen MR) is 132 cm³/mol. The minimum atomic E-state index is -3.97. The van der Waals surface area contributed by atoms with Crippen molar-refractivity contribution in [1.29, 1.82) is 0 Å². The average Bonchev–Trinajstić information content (AvgIpc) is 2.80. The first-order valence-corrected chi connectivity index (χ1v) is 13.3. The van der Waals surface area contributed by atoms with Crippen LogP contribution in [-0.2, 0) is 26.0 Å². The Labute approximate surface area is 202 Å². The highest BCUT2D eigenvalue weighted by Crippen LogP contribution is 2.22. The molecule has 0 heterocycles. The Morgan fingerprint density at radius 2 is 1.62 bits per heavy atom. The van der Waals surface area contributed by atoms with E-state index in [4.69, 9.17) is 0 Å². The van der Waals surface area contributed by atoms with Crippen molar-refractivity contribution in [3.63, 3.8) is 0 Å². The number of nitrogens with one attached hydrogen (secondary N) is 1. The number of carbonyl (C=O) groups is 2. The molecule has 1 N–H and O–H groups in total. The SMILES string of the molecule is CC[C@H](C)NC(=O)[C@H](CC)N(CCc1ccccc1)C(=O)CN(c1ccccc1F)S(C)(=O)=O. The molecule has 0 bridgehead atoms. The van der Waals surface area contributed by atoms with Crippen LogP contribution < -0.4 is 9.62 Å². The van der Waals surface area contributed by atoms with Gasteiger partial charge in [-0.3, -0.25) is 13.9 Å². The van der Waals surface area contributed by atoms with Crippen LogP contribution in [0.3, 0.4) is 0 Å². The van der Waals surface area contributed by atoms with Crippen LogP contribution >= 0.6 is 0 Å². The van der Waals surface area contributed by atoms with Gasteiger partial charge < -0.3 is 10.2 Å². The van der Waals surface area contributed by atoms with Crippen LogP contribution in [0.25, 0.3) is 0 Å². The van der Waals surface area contributed by atoms with E-state index in [2.05, 4.69) is 5.32 Å². The van der Waals surface area contributed by atoms with E-state index in [1.165, 1.54) is 23.1 Å². The maximum atomic E-state index is 14.4. The lowest BCUT2D eigenvalue weighted by molar-refractivity contribution is -0.139. The van der Waals surface area contributed by atoms with E-state index < -0.39 is 34.3 Å². The van der Waals surface area contributed by atoms with Gasteiger partial charge in [0.1, 0.15) is 18.4 Å². The summed E-state index contributed by atoms with van der Waals surface area (Å²) in [5.41, 5.74) is 0.769. The predicted octanol–water partition coefficient (Wildman–Crippen LogP) is 3.36. The third kappa shape index (κ3) is 7.55. The number of halogens is 1. The van der Waals surface area contributed by atoms with Crippen LogP contribution in [0.2, 0.25) is 0 Å². The fourth-order valence-electron chi connectivity index (χ4n) is 3.59. The van der Waals surface area contributed by atoms with Crippen LogP contribution in [0.4, 0.5) is 10.1 Å². The number of benzene rings is 2. The Morgan fingerprint density at radius 1 is 1.00 bits per heavy atom. The van der Waals surface area contributed by atoms with Gasteiger partial charge in [-0.25, -0.2) is 12.8 Å². The van der Waals surface area contributed by atoms with Crippen molar-refractivity contribution < 1.29 is 22.4 Å². The summed E-state index contributed by atoms with van der Waals surface area (Å²) in [6.07, 6.45) is 2.49. The van der Waals surface area contributed by atoms with Crippen molar-refractivity contribution in [3.8, 4) is 0 Å². The number of anilines is 1. The van der Waals surface area contributed by atoms with Crippen LogP contribution in [0, 0.1) is 5.82 Å². The molecule has 0 aliphatic rings. The van der Waals surface area contributed by atoms with Gasteiger partial charge in [0.25, 0.3) is 0 Å². The molecule has 2 atom stereocenters. The molecular weight excluding hydrogens is 457 g/mol. The first kappa shape index (κ1) is 27.3. The molecule has 186 valence electrons.